The summed E-state index contributed by atoms with van der Waals surface area (Å²) in [5.74, 6) is 0.149. The Morgan fingerprint density at radius 2 is 2.00 bits per heavy atom. The van der Waals surface area contributed by atoms with Crippen LogP contribution < -0.4 is 5.73 Å². The van der Waals surface area contributed by atoms with E-state index in [1.165, 1.54) is 0 Å². The number of hydrogen-bond acceptors (Lipinski definition) is 3. The molecule has 102 valence electrons. The van der Waals surface area contributed by atoms with Gasteiger partial charge in [0.15, 0.2) is 0 Å². The molecular formula is C13H28N2O2. The number of amides is 1. The minimum Gasteiger partial charge on any atom is -0.393 e. The van der Waals surface area contributed by atoms with E-state index in [1.807, 2.05) is 0 Å². The predicted molar refractivity (Wildman–Crippen MR) is 70.6 cm³/mol. The summed E-state index contributed by atoms with van der Waals surface area (Å²) in [7, 11) is 1.79. The second kappa shape index (κ2) is 7.67. The van der Waals surface area contributed by atoms with E-state index in [0.29, 0.717) is 25.9 Å². The lowest BCUT2D eigenvalue weighted by atomic mass is 9.84. The molecule has 1 amide bonds. The van der Waals surface area contributed by atoms with E-state index in [-0.39, 0.29) is 17.4 Å². The van der Waals surface area contributed by atoms with Gasteiger partial charge in [0.05, 0.1) is 6.10 Å². The topological polar surface area (TPSA) is 66.6 Å². The van der Waals surface area contributed by atoms with Gasteiger partial charge in [-0.3, -0.25) is 4.79 Å². The van der Waals surface area contributed by atoms with Gasteiger partial charge in [-0.05, 0) is 38.1 Å². The van der Waals surface area contributed by atoms with Gasteiger partial charge in [-0.1, -0.05) is 13.8 Å². The highest BCUT2D eigenvalue weighted by atomic mass is 16.3. The molecule has 3 N–H and O–H groups in total. The van der Waals surface area contributed by atoms with Crippen LogP contribution in [0.1, 0.15) is 46.5 Å². The third-order valence-electron chi connectivity index (χ3n) is 3.14. The molecule has 17 heavy (non-hydrogen) atoms. The smallest absolute Gasteiger partial charge is 0.222 e. The molecule has 0 aliphatic heterocycles. The third-order valence-corrected chi connectivity index (χ3v) is 3.14. The molecule has 0 saturated carbocycles. The summed E-state index contributed by atoms with van der Waals surface area (Å²) >= 11 is 0. The quantitative estimate of drug-likeness (QED) is 0.677. The molecule has 0 radical (unpaired) electrons. The van der Waals surface area contributed by atoms with Crippen LogP contribution >= 0.6 is 0 Å². The first kappa shape index (κ1) is 16.4. The van der Waals surface area contributed by atoms with Crippen LogP contribution in [0.25, 0.3) is 0 Å². The Morgan fingerprint density at radius 1 is 1.41 bits per heavy atom. The number of carbonyl (C=O) groups is 1. The van der Waals surface area contributed by atoms with E-state index in [4.69, 9.17) is 10.8 Å². The van der Waals surface area contributed by atoms with Crippen molar-refractivity contribution in [2.24, 2.45) is 11.1 Å². The highest BCUT2D eigenvalue weighted by Crippen LogP contribution is 2.26. The van der Waals surface area contributed by atoms with Gasteiger partial charge in [0.1, 0.15) is 0 Å². The van der Waals surface area contributed by atoms with E-state index < -0.39 is 0 Å². The van der Waals surface area contributed by atoms with Crippen LogP contribution in [0, 0.1) is 5.41 Å². The Bertz CT molecular complexity index is 227. The molecule has 0 rings (SSSR count). The second-order valence-electron chi connectivity index (χ2n) is 5.66. The van der Waals surface area contributed by atoms with Crippen molar-refractivity contribution < 1.29 is 9.90 Å². The number of carbonyl (C=O) groups excluding carboxylic acids is 1. The zero-order valence-corrected chi connectivity index (χ0v) is 11.7. The Labute approximate surface area is 105 Å². The first-order valence-electron chi connectivity index (χ1n) is 6.40. The lowest BCUT2D eigenvalue weighted by Crippen LogP contribution is -2.30. The van der Waals surface area contributed by atoms with E-state index >= 15 is 0 Å². The average molecular weight is 244 g/mol. The molecule has 1 unspecified atom stereocenters. The van der Waals surface area contributed by atoms with Crippen LogP contribution in [0.4, 0.5) is 0 Å². The minimum atomic E-state index is -0.348. The maximum absolute atomic E-state index is 11.8. The Kier molecular flexibility index (Phi) is 7.39. The van der Waals surface area contributed by atoms with Crippen LogP contribution in [0.15, 0.2) is 0 Å². The van der Waals surface area contributed by atoms with Crippen LogP contribution in [0.5, 0.6) is 0 Å². The summed E-state index contributed by atoms with van der Waals surface area (Å²) in [6.45, 7) is 7.31. The van der Waals surface area contributed by atoms with Gasteiger partial charge in [-0.25, -0.2) is 0 Å². The first-order valence-corrected chi connectivity index (χ1v) is 6.40. The molecule has 1 atom stereocenters. The number of hydrogen-bond donors (Lipinski definition) is 2. The molecule has 0 aliphatic rings. The van der Waals surface area contributed by atoms with Crippen LogP contribution in [-0.4, -0.2) is 42.2 Å². The fourth-order valence-electron chi connectivity index (χ4n) is 1.66. The summed E-state index contributed by atoms with van der Waals surface area (Å²) < 4.78 is 0. The minimum absolute atomic E-state index is 0.134. The van der Waals surface area contributed by atoms with Crippen molar-refractivity contribution in [3.63, 3.8) is 0 Å². The zero-order chi connectivity index (χ0) is 13.5. The molecule has 0 bridgehead atoms. The van der Waals surface area contributed by atoms with Crippen molar-refractivity contribution in [3.05, 3.63) is 0 Å². The Hall–Kier alpha value is -0.610. The molecule has 0 heterocycles. The summed E-state index contributed by atoms with van der Waals surface area (Å²) in [5, 5.41) is 9.16. The molecule has 0 aromatic rings. The molecule has 0 aliphatic carbocycles. The lowest BCUT2D eigenvalue weighted by molar-refractivity contribution is -0.130. The first-order chi connectivity index (χ1) is 7.78. The standard InChI is InChI=1S/C13H28N2O2/c1-11(16)6-10-15(4)12(17)5-7-13(2,3)8-9-14/h11,16H,5-10,14H2,1-4H3. The van der Waals surface area contributed by atoms with Crippen molar-refractivity contribution in [2.45, 2.75) is 52.6 Å². The second-order valence-corrected chi connectivity index (χ2v) is 5.66. The largest absolute Gasteiger partial charge is 0.393 e. The van der Waals surface area contributed by atoms with E-state index in [9.17, 15) is 4.79 Å². The summed E-state index contributed by atoms with van der Waals surface area (Å²) in [6.07, 6.45) is 2.65. The molecule has 0 saturated heterocycles. The van der Waals surface area contributed by atoms with Crippen molar-refractivity contribution in [1.29, 1.82) is 0 Å². The van der Waals surface area contributed by atoms with Gasteiger partial charge < -0.3 is 15.7 Å². The number of nitrogens with zero attached hydrogens (tertiary/aromatic N) is 1. The fourth-order valence-corrected chi connectivity index (χ4v) is 1.66. The zero-order valence-electron chi connectivity index (χ0n) is 11.7. The fraction of sp³-hybridized carbons (Fsp3) is 0.923. The predicted octanol–water partition coefficient (Wildman–Crippen LogP) is 1.37. The molecule has 0 fully saturated rings. The van der Waals surface area contributed by atoms with Crippen molar-refractivity contribution >= 4 is 5.91 Å². The Balaban J connectivity index is 3.92. The van der Waals surface area contributed by atoms with Crippen LogP contribution in [0.2, 0.25) is 0 Å². The van der Waals surface area contributed by atoms with Crippen LogP contribution in [-0.2, 0) is 4.79 Å². The van der Waals surface area contributed by atoms with Gasteiger partial charge in [0.2, 0.25) is 5.91 Å². The van der Waals surface area contributed by atoms with Gasteiger partial charge in [-0.2, -0.15) is 0 Å². The van der Waals surface area contributed by atoms with Crippen molar-refractivity contribution in [3.8, 4) is 0 Å². The SMILES string of the molecule is CC(O)CCN(C)C(=O)CCC(C)(C)CCN. The van der Waals surface area contributed by atoms with Gasteiger partial charge >= 0.3 is 0 Å². The number of rotatable bonds is 8. The van der Waals surface area contributed by atoms with Gasteiger partial charge in [-0.15, -0.1) is 0 Å². The molecule has 4 nitrogen and oxygen atoms in total. The molecular weight excluding hydrogens is 216 g/mol. The summed E-state index contributed by atoms with van der Waals surface area (Å²) in [6, 6.07) is 0. The normalized spacial score (nSPS) is 13.5. The van der Waals surface area contributed by atoms with E-state index in [0.717, 1.165) is 12.8 Å². The number of nitrogens with two attached hydrogens (primary N) is 1. The van der Waals surface area contributed by atoms with E-state index in [2.05, 4.69) is 13.8 Å². The lowest BCUT2D eigenvalue weighted by Gasteiger charge is -2.25. The maximum Gasteiger partial charge on any atom is 0.222 e. The molecule has 0 spiro atoms. The number of aliphatic hydroxyl groups is 1. The maximum atomic E-state index is 11.8. The third kappa shape index (κ3) is 8.16. The van der Waals surface area contributed by atoms with Crippen LogP contribution in [0.3, 0.4) is 0 Å². The molecule has 4 heteroatoms. The van der Waals surface area contributed by atoms with Gasteiger partial charge in [0, 0.05) is 20.0 Å². The average Bonchev–Trinajstić information content (AvgIpc) is 2.22. The van der Waals surface area contributed by atoms with Crippen molar-refractivity contribution in [1.82, 2.24) is 4.90 Å². The molecule has 0 aromatic heterocycles. The van der Waals surface area contributed by atoms with Crippen molar-refractivity contribution in [2.75, 3.05) is 20.1 Å². The number of aliphatic hydroxyl groups excluding tert-OH is 1. The summed E-state index contributed by atoms with van der Waals surface area (Å²) in [5.41, 5.74) is 5.67. The molecule has 0 aromatic carbocycles. The monoisotopic (exact) mass is 244 g/mol. The van der Waals surface area contributed by atoms with E-state index in [1.54, 1.807) is 18.9 Å². The Morgan fingerprint density at radius 3 is 2.47 bits per heavy atom. The van der Waals surface area contributed by atoms with Gasteiger partial charge in [0.25, 0.3) is 0 Å². The highest BCUT2D eigenvalue weighted by Gasteiger charge is 2.19. The highest BCUT2D eigenvalue weighted by molar-refractivity contribution is 5.75. The summed E-state index contributed by atoms with van der Waals surface area (Å²) in [4.78, 5) is 13.5.